The predicted octanol–water partition coefficient (Wildman–Crippen LogP) is 2.74. The molecule has 6 nitrogen and oxygen atoms in total. The normalized spacial score (nSPS) is 18.0. The van der Waals surface area contributed by atoms with Crippen LogP contribution >= 0.6 is 0 Å². The number of nitrogens with zero attached hydrogens (tertiary/aromatic N) is 1. The first-order valence-corrected chi connectivity index (χ1v) is 9.38. The van der Waals surface area contributed by atoms with Crippen LogP contribution in [0, 0.1) is 11.6 Å². The van der Waals surface area contributed by atoms with Crippen molar-refractivity contribution < 1.29 is 23.4 Å². The molecule has 0 saturated carbocycles. The van der Waals surface area contributed by atoms with E-state index in [0.29, 0.717) is 16.8 Å². The van der Waals surface area contributed by atoms with E-state index < -0.39 is 34.7 Å². The number of carbonyl (C=O) groups is 1. The Morgan fingerprint density at radius 2 is 1.83 bits per heavy atom. The highest BCUT2D eigenvalue weighted by molar-refractivity contribution is 5.89. The third-order valence-electron chi connectivity index (χ3n) is 5.58. The molecule has 0 spiro atoms. The topological polar surface area (TPSA) is 82.6 Å². The Labute approximate surface area is 170 Å². The number of likely N-dealkylation sites (N-methyl/N-ethyl adjacent to an activating group) is 1. The van der Waals surface area contributed by atoms with E-state index in [1.807, 2.05) is 0 Å². The number of amides is 1. The second-order valence-electron chi connectivity index (χ2n) is 7.54. The maximum Gasteiger partial charge on any atom is 0.259 e. The van der Waals surface area contributed by atoms with Crippen molar-refractivity contribution in [3.8, 4) is 0 Å². The van der Waals surface area contributed by atoms with E-state index in [9.17, 15) is 23.5 Å². The Bertz CT molecular complexity index is 1190. The molecule has 2 atom stereocenters. The molecule has 2 unspecified atom stereocenters. The molecule has 2 heterocycles. The number of carbonyl (C=O) groups excluding carboxylic acids is 1. The van der Waals surface area contributed by atoms with Crippen molar-refractivity contribution in [2.75, 3.05) is 13.7 Å². The molecule has 0 radical (unpaired) electrons. The molecule has 0 fully saturated rings. The Hall–Kier alpha value is -3.10. The predicted molar refractivity (Wildman–Crippen MR) is 106 cm³/mol. The summed E-state index contributed by atoms with van der Waals surface area (Å²) in [4.78, 5) is 29.5. The van der Waals surface area contributed by atoms with E-state index in [1.165, 1.54) is 18.9 Å². The van der Waals surface area contributed by atoms with Crippen LogP contribution in [0.15, 0.2) is 47.3 Å². The number of halogens is 2. The first kappa shape index (κ1) is 20.2. The van der Waals surface area contributed by atoms with Gasteiger partial charge in [-0.05, 0) is 30.0 Å². The van der Waals surface area contributed by atoms with Gasteiger partial charge in [0.2, 0.25) is 0 Å². The van der Waals surface area contributed by atoms with Gasteiger partial charge in [0.1, 0.15) is 0 Å². The lowest BCUT2D eigenvalue weighted by molar-refractivity contribution is -0.153. The van der Waals surface area contributed by atoms with Gasteiger partial charge in [0.25, 0.3) is 11.5 Å². The summed E-state index contributed by atoms with van der Waals surface area (Å²) in [6, 6.07) is 9.57. The standard InChI is InChI=1S/C22H20F2N2O4/c1-22(29,12-6-4-3-5-7-12)21(28)26(2)18-11-30-10-17-19(18)13-8-15(23)16(24)9-14(13)20(27)25-17/h3-9,18,29H,10-11H2,1-2H3,(H,25,27). The molecule has 1 aromatic heterocycles. The minimum Gasteiger partial charge on any atom is -0.376 e. The van der Waals surface area contributed by atoms with Crippen LogP contribution in [0.2, 0.25) is 0 Å². The number of rotatable bonds is 3. The Balaban J connectivity index is 1.83. The van der Waals surface area contributed by atoms with Crippen molar-refractivity contribution in [1.29, 1.82) is 0 Å². The molecule has 2 aromatic carbocycles. The van der Waals surface area contributed by atoms with E-state index in [0.717, 1.165) is 12.1 Å². The third-order valence-corrected chi connectivity index (χ3v) is 5.58. The zero-order valence-corrected chi connectivity index (χ0v) is 16.4. The molecule has 0 saturated heterocycles. The number of aromatic nitrogens is 1. The van der Waals surface area contributed by atoms with Gasteiger partial charge < -0.3 is 19.7 Å². The minimum absolute atomic E-state index is 0.0183. The molecule has 1 amide bonds. The Morgan fingerprint density at radius 3 is 2.50 bits per heavy atom. The number of pyridine rings is 1. The highest BCUT2D eigenvalue weighted by Gasteiger charge is 2.39. The summed E-state index contributed by atoms with van der Waals surface area (Å²) in [5, 5.41) is 11.1. The fourth-order valence-corrected chi connectivity index (χ4v) is 3.92. The van der Waals surface area contributed by atoms with Gasteiger partial charge in [-0.1, -0.05) is 30.3 Å². The third kappa shape index (κ3) is 3.18. The molecule has 30 heavy (non-hydrogen) atoms. The molecule has 8 heteroatoms. The summed E-state index contributed by atoms with van der Waals surface area (Å²) in [5.74, 6) is -2.82. The van der Waals surface area contributed by atoms with E-state index >= 15 is 0 Å². The van der Waals surface area contributed by atoms with Gasteiger partial charge >= 0.3 is 0 Å². The van der Waals surface area contributed by atoms with Crippen molar-refractivity contribution >= 4 is 16.7 Å². The van der Waals surface area contributed by atoms with Gasteiger partial charge in [0, 0.05) is 18.3 Å². The molecule has 1 aliphatic rings. The number of ether oxygens (including phenoxy) is 1. The summed E-state index contributed by atoms with van der Waals surface area (Å²) in [6.45, 7) is 1.53. The molecule has 3 aromatic rings. The van der Waals surface area contributed by atoms with Crippen LogP contribution in [-0.4, -0.2) is 34.6 Å². The average molecular weight is 414 g/mol. The van der Waals surface area contributed by atoms with Crippen LogP contribution in [0.3, 0.4) is 0 Å². The number of aliphatic hydroxyl groups is 1. The highest BCUT2D eigenvalue weighted by Crippen LogP contribution is 2.35. The van der Waals surface area contributed by atoms with Crippen molar-refractivity contribution in [2.45, 2.75) is 25.2 Å². The van der Waals surface area contributed by atoms with Gasteiger partial charge in [0.05, 0.1) is 24.6 Å². The SMILES string of the molecule is CN(C(=O)C(C)(O)c1ccccc1)C1COCc2[nH]c(=O)c3cc(F)c(F)cc3c21. The highest BCUT2D eigenvalue weighted by atomic mass is 19.2. The summed E-state index contributed by atoms with van der Waals surface area (Å²) in [5.41, 5.74) is -1.12. The largest absolute Gasteiger partial charge is 0.376 e. The first-order chi connectivity index (χ1) is 14.2. The number of hydrogen-bond donors (Lipinski definition) is 2. The molecule has 2 N–H and O–H groups in total. The van der Waals surface area contributed by atoms with Crippen molar-refractivity contribution in [3.63, 3.8) is 0 Å². The lowest BCUT2D eigenvalue weighted by Crippen LogP contribution is -2.47. The van der Waals surface area contributed by atoms with Crippen LogP contribution in [0.1, 0.15) is 29.8 Å². The average Bonchev–Trinajstić information content (AvgIpc) is 2.74. The summed E-state index contributed by atoms with van der Waals surface area (Å²) < 4.78 is 33.3. The van der Waals surface area contributed by atoms with Crippen molar-refractivity contribution in [1.82, 2.24) is 9.88 Å². The second-order valence-corrected chi connectivity index (χ2v) is 7.54. The molecule has 1 aliphatic heterocycles. The first-order valence-electron chi connectivity index (χ1n) is 9.38. The fourth-order valence-electron chi connectivity index (χ4n) is 3.92. The molecular weight excluding hydrogens is 394 g/mol. The number of fused-ring (bicyclic) bond motifs is 3. The minimum atomic E-state index is -1.82. The van der Waals surface area contributed by atoms with E-state index in [4.69, 9.17) is 4.74 Å². The van der Waals surface area contributed by atoms with Gasteiger partial charge in [-0.15, -0.1) is 0 Å². The molecular formula is C22H20F2N2O4. The fraction of sp³-hybridized carbons (Fsp3) is 0.273. The Kier molecular flexibility index (Phi) is 4.91. The van der Waals surface area contributed by atoms with Crippen LogP contribution in [0.5, 0.6) is 0 Å². The summed E-state index contributed by atoms with van der Waals surface area (Å²) >= 11 is 0. The monoisotopic (exact) mass is 414 g/mol. The molecule has 156 valence electrons. The lowest BCUT2D eigenvalue weighted by Gasteiger charge is -2.37. The van der Waals surface area contributed by atoms with Crippen LogP contribution in [-0.2, 0) is 21.7 Å². The second kappa shape index (κ2) is 7.30. The van der Waals surface area contributed by atoms with E-state index in [1.54, 1.807) is 30.3 Å². The number of benzene rings is 2. The Morgan fingerprint density at radius 1 is 1.20 bits per heavy atom. The maximum atomic E-state index is 14.0. The van der Waals surface area contributed by atoms with Crippen LogP contribution in [0.25, 0.3) is 10.8 Å². The summed E-state index contributed by atoms with van der Waals surface area (Å²) in [6.07, 6.45) is 0. The van der Waals surface area contributed by atoms with Crippen molar-refractivity contribution in [3.05, 3.63) is 81.3 Å². The van der Waals surface area contributed by atoms with E-state index in [2.05, 4.69) is 4.98 Å². The van der Waals surface area contributed by atoms with Gasteiger partial charge in [-0.3, -0.25) is 9.59 Å². The number of hydrogen-bond acceptors (Lipinski definition) is 4. The molecule has 4 rings (SSSR count). The van der Waals surface area contributed by atoms with E-state index in [-0.39, 0.29) is 24.0 Å². The van der Waals surface area contributed by atoms with Crippen LogP contribution < -0.4 is 5.56 Å². The van der Waals surface area contributed by atoms with Crippen molar-refractivity contribution in [2.24, 2.45) is 0 Å². The van der Waals surface area contributed by atoms with Gasteiger partial charge in [-0.25, -0.2) is 8.78 Å². The number of H-pyrrole nitrogens is 1. The smallest absolute Gasteiger partial charge is 0.259 e. The summed E-state index contributed by atoms with van der Waals surface area (Å²) in [7, 11) is 1.50. The molecule has 0 bridgehead atoms. The van der Waals surface area contributed by atoms with Crippen LogP contribution in [0.4, 0.5) is 8.78 Å². The number of aromatic amines is 1. The quantitative estimate of drug-likeness (QED) is 0.691. The zero-order valence-electron chi connectivity index (χ0n) is 16.4. The number of nitrogens with one attached hydrogen (secondary N) is 1. The lowest BCUT2D eigenvalue weighted by atomic mass is 9.91. The van der Waals surface area contributed by atoms with Gasteiger partial charge in [-0.2, -0.15) is 0 Å². The molecule has 0 aliphatic carbocycles. The van der Waals surface area contributed by atoms with Gasteiger partial charge in [0.15, 0.2) is 17.2 Å². The maximum absolute atomic E-state index is 14.0. The zero-order chi connectivity index (χ0) is 21.6.